The number of hydrogen-bond donors (Lipinski definition) is 1. The minimum atomic E-state index is -0.316. The molecule has 0 aliphatic rings. The molecule has 0 saturated heterocycles. The Bertz CT molecular complexity index is 1080. The first-order chi connectivity index (χ1) is 12.3. The van der Waals surface area contributed by atoms with Crippen LogP contribution in [-0.4, -0.2) is 26.7 Å². The highest BCUT2D eigenvalue weighted by Gasteiger charge is 2.12. The maximum Gasteiger partial charge on any atom is 0.349 e. The fourth-order valence-electron chi connectivity index (χ4n) is 2.90. The minimum Gasteiger partial charge on any atom is -0.496 e. The average Bonchev–Trinajstić information content (AvgIpc) is 3.08. The molecule has 0 aliphatic heterocycles. The summed E-state index contributed by atoms with van der Waals surface area (Å²) in [6, 6.07) is 16.2. The number of nitrogens with zero attached hydrogens (tertiary/aromatic N) is 3. The van der Waals surface area contributed by atoms with Crippen LogP contribution in [0.15, 0.2) is 65.8 Å². The number of nitrogens with one attached hydrogen (secondary N) is 1. The third-order valence-corrected chi connectivity index (χ3v) is 4.15. The van der Waals surface area contributed by atoms with Crippen molar-refractivity contribution < 1.29 is 4.74 Å². The van der Waals surface area contributed by atoms with Crippen LogP contribution in [-0.2, 0) is 6.42 Å². The molecule has 0 radical (unpaired) electrons. The molecular formula is C19H16N4O2. The highest BCUT2D eigenvalue weighted by Crippen LogP contribution is 2.30. The SMILES string of the molecule is COc1cc(-c2cnn3c(=O)[nH]cnc23)ccc1Cc1ccccc1. The van der Waals surface area contributed by atoms with Crippen molar-refractivity contribution in [3.8, 4) is 16.9 Å². The third kappa shape index (κ3) is 2.78. The Balaban J connectivity index is 1.76. The van der Waals surface area contributed by atoms with Crippen molar-refractivity contribution in [2.24, 2.45) is 0 Å². The molecule has 2 aromatic carbocycles. The first-order valence-electron chi connectivity index (χ1n) is 7.89. The Morgan fingerprint density at radius 3 is 2.80 bits per heavy atom. The van der Waals surface area contributed by atoms with Crippen LogP contribution in [0.4, 0.5) is 0 Å². The molecule has 1 N–H and O–H groups in total. The molecule has 4 rings (SSSR count). The lowest BCUT2D eigenvalue weighted by molar-refractivity contribution is 0.411. The summed E-state index contributed by atoms with van der Waals surface area (Å²) >= 11 is 0. The number of aromatic amines is 1. The number of hydrogen-bond acceptors (Lipinski definition) is 4. The number of ether oxygens (including phenoxy) is 1. The lowest BCUT2D eigenvalue weighted by Gasteiger charge is -2.10. The number of fused-ring (bicyclic) bond motifs is 1. The summed E-state index contributed by atoms with van der Waals surface area (Å²) in [6.45, 7) is 0. The second-order valence-corrected chi connectivity index (χ2v) is 5.69. The van der Waals surface area contributed by atoms with Crippen LogP contribution in [0.25, 0.3) is 16.8 Å². The molecule has 6 heteroatoms. The van der Waals surface area contributed by atoms with E-state index in [2.05, 4.69) is 27.2 Å². The number of methoxy groups -OCH3 is 1. The van der Waals surface area contributed by atoms with Gasteiger partial charge in [-0.25, -0.2) is 9.78 Å². The van der Waals surface area contributed by atoms with Gasteiger partial charge in [0.1, 0.15) is 5.75 Å². The normalized spacial score (nSPS) is 10.9. The predicted molar refractivity (Wildman–Crippen MR) is 94.8 cm³/mol. The van der Waals surface area contributed by atoms with Crippen LogP contribution in [0.3, 0.4) is 0 Å². The molecule has 25 heavy (non-hydrogen) atoms. The Hall–Kier alpha value is -3.41. The standard InChI is InChI=1S/C19H16N4O2/c1-25-17-10-14(7-8-15(17)9-13-5-3-2-4-6-13)16-11-22-23-18(16)20-12-21-19(23)24/h2-8,10-12H,9H2,1H3,(H,20,21,24). The van der Waals surface area contributed by atoms with E-state index in [1.807, 2.05) is 36.4 Å². The van der Waals surface area contributed by atoms with Gasteiger partial charge in [-0.3, -0.25) is 4.98 Å². The van der Waals surface area contributed by atoms with E-state index < -0.39 is 0 Å². The van der Waals surface area contributed by atoms with Crippen molar-refractivity contribution in [2.75, 3.05) is 7.11 Å². The van der Waals surface area contributed by atoms with Gasteiger partial charge >= 0.3 is 5.69 Å². The molecule has 0 atom stereocenters. The number of benzene rings is 2. The molecule has 4 aromatic rings. The van der Waals surface area contributed by atoms with E-state index in [-0.39, 0.29) is 5.69 Å². The van der Waals surface area contributed by atoms with E-state index in [0.29, 0.717) is 5.65 Å². The molecule has 0 aliphatic carbocycles. The van der Waals surface area contributed by atoms with Gasteiger partial charge in [-0.15, -0.1) is 0 Å². The first kappa shape index (κ1) is 15.1. The number of rotatable bonds is 4. The summed E-state index contributed by atoms with van der Waals surface area (Å²) < 4.78 is 6.83. The summed E-state index contributed by atoms with van der Waals surface area (Å²) in [5, 5.41) is 4.11. The lowest BCUT2D eigenvalue weighted by atomic mass is 10.0. The van der Waals surface area contributed by atoms with E-state index in [4.69, 9.17) is 4.74 Å². The predicted octanol–water partition coefficient (Wildman–Crippen LogP) is 2.68. The van der Waals surface area contributed by atoms with Crippen LogP contribution in [0, 0.1) is 0 Å². The Morgan fingerprint density at radius 2 is 2.00 bits per heavy atom. The highest BCUT2D eigenvalue weighted by atomic mass is 16.5. The average molecular weight is 332 g/mol. The van der Waals surface area contributed by atoms with Gasteiger partial charge in [-0.1, -0.05) is 42.5 Å². The fourth-order valence-corrected chi connectivity index (χ4v) is 2.90. The van der Waals surface area contributed by atoms with E-state index in [1.54, 1.807) is 13.3 Å². The molecule has 0 fully saturated rings. The van der Waals surface area contributed by atoms with Crippen LogP contribution >= 0.6 is 0 Å². The van der Waals surface area contributed by atoms with E-state index >= 15 is 0 Å². The molecule has 0 spiro atoms. The van der Waals surface area contributed by atoms with E-state index in [9.17, 15) is 4.79 Å². The molecule has 2 heterocycles. The molecule has 2 aromatic heterocycles. The van der Waals surface area contributed by atoms with Gasteiger partial charge in [-0.2, -0.15) is 9.61 Å². The summed E-state index contributed by atoms with van der Waals surface area (Å²) in [4.78, 5) is 18.5. The topological polar surface area (TPSA) is 72.3 Å². The quantitative estimate of drug-likeness (QED) is 0.624. The third-order valence-electron chi connectivity index (χ3n) is 4.15. The second kappa shape index (κ2) is 6.24. The first-order valence-corrected chi connectivity index (χ1v) is 7.89. The molecule has 124 valence electrons. The van der Waals surface area contributed by atoms with Crippen molar-refractivity contribution >= 4 is 5.65 Å². The van der Waals surface area contributed by atoms with Crippen LogP contribution in [0.2, 0.25) is 0 Å². The van der Waals surface area contributed by atoms with Gasteiger partial charge in [0.25, 0.3) is 0 Å². The lowest BCUT2D eigenvalue weighted by Crippen LogP contribution is -2.17. The van der Waals surface area contributed by atoms with Crippen molar-refractivity contribution in [1.82, 2.24) is 19.6 Å². The molecule has 0 bridgehead atoms. The van der Waals surface area contributed by atoms with Crippen molar-refractivity contribution in [3.05, 3.63) is 82.7 Å². The largest absolute Gasteiger partial charge is 0.496 e. The molecule has 0 amide bonds. The van der Waals surface area contributed by atoms with Crippen LogP contribution in [0.5, 0.6) is 5.75 Å². The number of aromatic nitrogens is 4. The Morgan fingerprint density at radius 1 is 1.16 bits per heavy atom. The maximum atomic E-state index is 11.8. The van der Waals surface area contributed by atoms with Crippen molar-refractivity contribution in [1.29, 1.82) is 0 Å². The zero-order valence-corrected chi connectivity index (χ0v) is 13.6. The van der Waals surface area contributed by atoms with Gasteiger partial charge in [0.2, 0.25) is 0 Å². The monoisotopic (exact) mass is 332 g/mol. The molecule has 0 unspecified atom stereocenters. The van der Waals surface area contributed by atoms with Gasteiger partial charge in [0.05, 0.1) is 19.6 Å². The zero-order chi connectivity index (χ0) is 17.2. The van der Waals surface area contributed by atoms with Crippen molar-refractivity contribution in [3.63, 3.8) is 0 Å². The summed E-state index contributed by atoms with van der Waals surface area (Å²) in [5.41, 5.74) is 4.21. The summed E-state index contributed by atoms with van der Waals surface area (Å²) in [7, 11) is 1.66. The van der Waals surface area contributed by atoms with Gasteiger partial charge in [-0.05, 0) is 22.8 Å². The highest BCUT2D eigenvalue weighted by molar-refractivity contribution is 5.77. The van der Waals surface area contributed by atoms with Crippen molar-refractivity contribution in [2.45, 2.75) is 6.42 Å². The van der Waals surface area contributed by atoms with E-state index in [0.717, 1.165) is 28.9 Å². The summed E-state index contributed by atoms with van der Waals surface area (Å²) in [6.07, 6.45) is 3.81. The number of H-pyrrole nitrogens is 1. The minimum absolute atomic E-state index is 0.316. The fraction of sp³-hybridized carbons (Fsp3) is 0.105. The van der Waals surface area contributed by atoms with Gasteiger partial charge in [0.15, 0.2) is 5.65 Å². The molecule has 0 saturated carbocycles. The second-order valence-electron chi connectivity index (χ2n) is 5.69. The zero-order valence-electron chi connectivity index (χ0n) is 13.6. The molecule has 6 nitrogen and oxygen atoms in total. The van der Waals surface area contributed by atoms with E-state index in [1.165, 1.54) is 16.4 Å². The van der Waals surface area contributed by atoms with Crippen LogP contribution in [0.1, 0.15) is 11.1 Å². The smallest absolute Gasteiger partial charge is 0.349 e. The van der Waals surface area contributed by atoms with Gasteiger partial charge in [0, 0.05) is 12.0 Å². The summed E-state index contributed by atoms with van der Waals surface area (Å²) in [5.74, 6) is 0.797. The van der Waals surface area contributed by atoms with Gasteiger partial charge < -0.3 is 4.74 Å². The maximum absolute atomic E-state index is 11.8. The molecular weight excluding hydrogens is 316 g/mol. The van der Waals surface area contributed by atoms with Crippen LogP contribution < -0.4 is 10.4 Å². The Kier molecular flexibility index (Phi) is 3.78. The Labute approximate surface area is 143 Å².